The SMILES string of the molecule is CCCCCCCCCC=CC=CC#N. The van der Waals surface area contributed by atoms with Crippen molar-refractivity contribution in [1.82, 2.24) is 0 Å². The minimum absolute atomic E-state index is 1.14. The van der Waals surface area contributed by atoms with Crippen LogP contribution in [0.1, 0.15) is 58.3 Å². The van der Waals surface area contributed by atoms with E-state index >= 15 is 0 Å². The van der Waals surface area contributed by atoms with E-state index in [4.69, 9.17) is 5.26 Å². The van der Waals surface area contributed by atoms with Gasteiger partial charge in [0.15, 0.2) is 0 Å². The fraction of sp³-hybridized carbons (Fsp3) is 0.643. The number of hydrogen-bond donors (Lipinski definition) is 0. The molecule has 0 aromatic heterocycles. The molecule has 0 saturated carbocycles. The fourth-order valence-electron chi connectivity index (χ4n) is 1.49. The Labute approximate surface area is 94.5 Å². The normalized spacial score (nSPS) is 11.2. The molecule has 0 aliphatic carbocycles. The molecular weight excluding hydrogens is 182 g/mol. The summed E-state index contributed by atoms with van der Waals surface area (Å²) in [6, 6.07) is 1.97. The molecule has 84 valence electrons. The predicted octanol–water partition coefficient (Wildman–Crippen LogP) is 4.76. The molecule has 0 radical (unpaired) electrons. The van der Waals surface area contributed by atoms with Crippen LogP contribution >= 0.6 is 0 Å². The summed E-state index contributed by atoms with van der Waals surface area (Å²) in [5, 5.41) is 8.24. The van der Waals surface area contributed by atoms with Crippen molar-refractivity contribution in [1.29, 1.82) is 5.26 Å². The first-order valence-electron chi connectivity index (χ1n) is 6.13. The van der Waals surface area contributed by atoms with E-state index in [0.717, 1.165) is 6.42 Å². The van der Waals surface area contributed by atoms with Crippen molar-refractivity contribution in [3.63, 3.8) is 0 Å². The van der Waals surface area contributed by atoms with E-state index in [1.807, 2.05) is 12.1 Å². The van der Waals surface area contributed by atoms with Crippen LogP contribution in [0.4, 0.5) is 0 Å². The molecule has 0 aliphatic rings. The van der Waals surface area contributed by atoms with Crippen LogP contribution in [0, 0.1) is 11.3 Å². The lowest BCUT2D eigenvalue weighted by Gasteiger charge is -1.98. The van der Waals surface area contributed by atoms with Gasteiger partial charge in [0.2, 0.25) is 0 Å². The second kappa shape index (κ2) is 13.0. The molecule has 0 spiro atoms. The molecule has 0 unspecified atom stereocenters. The molecule has 0 rings (SSSR count). The van der Waals surface area contributed by atoms with E-state index < -0.39 is 0 Å². The number of rotatable bonds is 9. The first-order chi connectivity index (χ1) is 7.41. The highest BCUT2D eigenvalue weighted by Crippen LogP contribution is 2.08. The van der Waals surface area contributed by atoms with Crippen LogP contribution < -0.4 is 0 Å². The molecule has 0 bridgehead atoms. The Morgan fingerprint density at radius 3 is 2.27 bits per heavy atom. The maximum Gasteiger partial charge on any atom is 0.0912 e. The quantitative estimate of drug-likeness (QED) is 0.302. The summed E-state index contributed by atoms with van der Waals surface area (Å²) in [6.45, 7) is 2.25. The van der Waals surface area contributed by atoms with E-state index in [2.05, 4.69) is 13.0 Å². The van der Waals surface area contributed by atoms with Crippen molar-refractivity contribution in [2.24, 2.45) is 0 Å². The Balaban J connectivity index is 3.08. The van der Waals surface area contributed by atoms with E-state index in [0.29, 0.717) is 0 Å². The van der Waals surface area contributed by atoms with Gasteiger partial charge in [-0.1, -0.05) is 63.7 Å². The Kier molecular flexibility index (Phi) is 12.1. The predicted molar refractivity (Wildman–Crippen MR) is 66.5 cm³/mol. The van der Waals surface area contributed by atoms with Gasteiger partial charge in [-0.25, -0.2) is 0 Å². The van der Waals surface area contributed by atoms with Crippen LogP contribution in [0.15, 0.2) is 24.3 Å². The van der Waals surface area contributed by atoms with Gasteiger partial charge in [-0.15, -0.1) is 0 Å². The Morgan fingerprint density at radius 1 is 0.933 bits per heavy atom. The van der Waals surface area contributed by atoms with Gasteiger partial charge in [-0.05, 0) is 12.8 Å². The molecule has 0 amide bonds. The maximum atomic E-state index is 8.24. The monoisotopic (exact) mass is 205 g/mol. The number of nitriles is 1. The first kappa shape index (κ1) is 14.0. The molecule has 0 N–H and O–H groups in total. The smallest absolute Gasteiger partial charge is 0.0912 e. The van der Waals surface area contributed by atoms with Crippen LogP contribution in [-0.2, 0) is 0 Å². The number of unbranched alkanes of at least 4 members (excludes halogenated alkanes) is 7. The third-order valence-corrected chi connectivity index (χ3v) is 2.39. The van der Waals surface area contributed by atoms with E-state index in [-0.39, 0.29) is 0 Å². The summed E-state index contributed by atoms with van der Waals surface area (Å²) in [6.07, 6.45) is 18.0. The Bertz CT molecular complexity index is 208. The van der Waals surface area contributed by atoms with Crippen LogP contribution in [-0.4, -0.2) is 0 Å². The van der Waals surface area contributed by atoms with Gasteiger partial charge in [0.05, 0.1) is 6.07 Å². The second-order valence-electron chi connectivity index (χ2n) is 3.83. The third-order valence-electron chi connectivity index (χ3n) is 2.39. The number of allylic oxidation sites excluding steroid dienone is 4. The van der Waals surface area contributed by atoms with Crippen molar-refractivity contribution in [3.05, 3.63) is 24.3 Å². The molecule has 0 saturated heterocycles. The maximum absolute atomic E-state index is 8.24. The van der Waals surface area contributed by atoms with Gasteiger partial charge in [0, 0.05) is 6.08 Å². The zero-order valence-corrected chi connectivity index (χ0v) is 9.91. The molecule has 15 heavy (non-hydrogen) atoms. The average Bonchev–Trinajstić information content (AvgIpc) is 2.26. The average molecular weight is 205 g/mol. The number of hydrogen-bond acceptors (Lipinski definition) is 1. The van der Waals surface area contributed by atoms with Gasteiger partial charge < -0.3 is 0 Å². The summed E-state index contributed by atoms with van der Waals surface area (Å²) < 4.78 is 0. The molecule has 0 atom stereocenters. The van der Waals surface area contributed by atoms with E-state index in [1.165, 1.54) is 51.0 Å². The summed E-state index contributed by atoms with van der Waals surface area (Å²) in [4.78, 5) is 0. The second-order valence-corrected chi connectivity index (χ2v) is 3.83. The molecule has 1 heteroatoms. The van der Waals surface area contributed by atoms with Gasteiger partial charge in [-0.3, -0.25) is 0 Å². The largest absolute Gasteiger partial charge is 0.193 e. The third kappa shape index (κ3) is 13.0. The highest BCUT2D eigenvalue weighted by molar-refractivity contribution is 5.11. The highest BCUT2D eigenvalue weighted by atomic mass is 14.2. The standard InChI is InChI=1S/C14H23N/c1-2-3-4-5-6-7-8-9-10-11-12-13-14-15/h10-13H,2-9H2,1H3. The van der Waals surface area contributed by atoms with Gasteiger partial charge in [-0.2, -0.15) is 5.26 Å². The van der Waals surface area contributed by atoms with Crippen LogP contribution in [0.25, 0.3) is 0 Å². The van der Waals surface area contributed by atoms with Crippen LogP contribution in [0.3, 0.4) is 0 Å². The van der Waals surface area contributed by atoms with Crippen molar-refractivity contribution >= 4 is 0 Å². The Hall–Kier alpha value is -1.03. The van der Waals surface area contributed by atoms with Gasteiger partial charge in [0.25, 0.3) is 0 Å². The molecule has 0 aromatic carbocycles. The minimum atomic E-state index is 1.14. The van der Waals surface area contributed by atoms with Crippen molar-refractivity contribution in [2.75, 3.05) is 0 Å². The molecule has 1 nitrogen and oxygen atoms in total. The van der Waals surface area contributed by atoms with Gasteiger partial charge >= 0.3 is 0 Å². The Morgan fingerprint density at radius 2 is 1.60 bits per heavy atom. The summed E-state index contributed by atoms with van der Waals surface area (Å²) >= 11 is 0. The summed E-state index contributed by atoms with van der Waals surface area (Å²) in [5.41, 5.74) is 0. The topological polar surface area (TPSA) is 23.8 Å². The molecular formula is C14H23N. The lowest BCUT2D eigenvalue weighted by Crippen LogP contribution is -1.78. The van der Waals surface area contributed by atoms with Crippen molar-refractivity contribution < 1.29 is 0 Å². The van der Waals surface area contributed by atoms with Crippen molar-refractivity contribution in [3.8, 4) is 6.07 Å². The lowest BCUT2D eigenvalue weighted by molar-refractivity contribution is 0.592. The molecule has 0 aliphatic heterocycles. The minimum Gasteiger partial charge on any atom is -0.193 e. The van der Waals surface area contributed by atoms with Crippen LogP contribution in [0.2, 0.25) is 0 Å². The van der Waals surface area contributed by atoms with E-state index in [1.54, 1.807) is 6.08 Å². The molecule has 0 heterocycles. The van der Waals surface area contributed by atoms with Crippen molar-refractivity contribution in [2.45, 2.75) is 58.3 Å². The fourth-order valence-corrected chi connectivity index (χ4v) is 1.49. The van der Waals surface area contributed by atoms with Crippen LogP contribution in [0.5, 0.6) is 0 Å². The number of nitrogens with zero attached hydrogens (tertiary/aromatic N) is 1. The summed E-state index contributed by atoms with van der Waals surface area (Å²) in [7, 11) is 0. The molecule has 0 fully saturated rings. The zero-order chi connectivity index (χ0) is 11.2. The zero-order valence-electron chi connectivity index (χ0n) is 9.91. The lowest BCUT2D eigenvalue weighted by atomic mass is 10.1. The molecule has 0 aromatic rings. The first-order valence-corrected chi connectivity index (χ1v) is 6.13. The van der Waals surface area contributed by atoms with E-state index in [9.17, 15) is 0 Å². The highest BCUT2D eigenvalue weighted by Gasteiger charge is 1.88. The summed E-state index contributed by atoms with van der Waals surface area (Å²) in [5.74, 6) is 0. The van der Waals surface area contributed by atoms with Gasteiger partial charge in [0.1, 0.15) is 0 Å².